The summed E-state index contributed by atoms with van der Waals surface area (Å²) in [6, 6.07) is 2.94. The Labute approximate surface area is 187 Å². The molecule has 3 aromatic heterocycles. The molecule has 1 aliphatic rings. The molecule has 2 N–H and O–H groups in total. The second-order valence-electron chi connectivity index (χ2n) is 7.76. The molecule has 1 fully saturated rings. The number of nitrogens with zero attached hydrogens (tertiary/aromatic N) is 4. The maximum Gasteiger partial charge on any atom is 0.297 e. The van der Waals surface area contributed by atoms with Crippen molar-refractivity contribution in [3.05, 3.63) is 53.9 Å². The lowest BCUT2D eigenvalue weighted by molar-refractivity contribution is -0.0222. The number of hydrogen-bond donors (Lipinski definition) is 2. The largest absolute Gasteiger partial charge is 0.359 e. The molecule has 0 radical (unpaired) electrons. The SMILES string of the molecule is O=C(Nc1c[nH]c2cc(F)c(F)cc12)c1noc(-c2cnc(N3CCC(F)(F)CC3)c(F)c2)n1. The fourth-order valence-electron chi connectivity index (χ4n) is 3.66. The highest BCUT2D eigenvalue weighted by molar-refractivity contribution is 6.07. The molecule has 1 amide bonds. The summed E-state index contributed by atoms with van der Waals surface area (Å²) in [5.74, 6) is -7.12. The van der Waals surface area contributed by atoms with Crippen molar-refractivity contribution in [2.45, 2.75) is 18.8 Å². The number of halogens is 5. The Hall–Kier alpha value is -4.03. The first-order valence-electron chi connectivity index (χ1n) is 10.1. The third kappa shape index (κ3) is 4.04. The molecule has 4 aromatic rings. The van der Waals surface area contributed by atoms with E-state index in [0.717, 1.165) is 18.2 Å². The van der Waals surface area contributed by atoms with E-state index in [1.807, 2.05) is 0 Å². The van der Waals surface area contributed by atoms with Crippen molar-refractivity contribution in [3.63, 3.8) is 0 Å². The first kappa shape index (κ1) is 21.8. The van der Waals surface area contributed by atoms with Gasteiger partial charge in [0, 0.05) is 49.8 Å². The molecule has 4 heterocycles. The number of nitrogens with one attached hydrogen (secondary N) is 2. The van der Waals surface area contributed by atoms with Crippen LogP contribution in [0.25, 0.3) is 22.4 Å². The number of rotatable bonds is 4. The number of benzene rings is 1. The van der Waals surface area contributed by atoms with Crippen LogP contribution in [-0.2, 0) is 0 Å². The maximum absolute atomic E-state index is 14.6. The van der Waals surface area contributed by atoms with Crippen LogP contribution in [0, 0.1) is 17.5 Å². The summed E-state index contributed by atoms with van der Waals surface area (Å²) in [5.41, 5.74) is 0.510. The van der Waals surface area contributed by atoms with E-state index >= 15 is 0 Å². The average molecular weight is 478 g/mol. The topological polar surface area (TPSA) is 99.9 Å². The first-order valence-corrected chi connectivity index (χ1v) is 10.1. The van der Waals surface area contributed by atoms with Crippen molar-refractivity contribution in [2.24, 2.45) is 0 Å². The monoisotopic (exact) mass is 478 g/mol. The average Bonchev–Trinajstić information content (AvgIpc) is 3.43. The van der Waals surface area contributed by atoms with Gasteiger partial charge in [-0.15, -0.1) is 0 Å². The van der Waals surface area contributed by atoms with Gasteiger partial charge in [-0.1, -0.05) is 5.16 Å². The number of fused-ring (bicyclic) bond motifs is 1. The summed E-state index contributed by atoms with van der Waals surface area (Å²) in [4.78, 5) is 24.6. The quantitative estimate of drug-likeness (QED) is 0.419. The number of anilines is 2. The molecule has 1 saturated heterocycles. The summed E-state index contributed by atoms with van der Waals surface area (Å²) in [7, 11) is 0. The summed E-state index contributed by atoms with van der Waals surface area (Å²) in [6.07, 6.45) is 1.79. The molecule has 5 rings (SSSR count). The summed E-state index contributed by atoms with van der Waals surface area (Å²) >= 11 is 0. The lowest BCUT2D eigenvalue weighted by Crippen LogP contribution is -2.40. The van der Waals surface area contributed by atoms with Gasteiger partial charge in [0.2, 0.25) is 0 Å². The smallest absolute Gasteiger partial charge is 0.297 e. The molecule has 8 nitrogen and oxygen atoms in total. The Bertz CT molecular complexity index is 1390. The van der Waals surface area contributed by atoms with Crippen LogP contribution in [0.2, 0.25) is 0 Å². The summed E-state index contributed by atoms with van der Waals surface area (Å²) < 4.78 is 73.2. The molecule has 0 aliphatic carbocycles. The van der Waals surface area contributed by atoms with Gasteiger partial charge in [0.15, 0.2) is 23.3 Å². The number of H-pyrrole nitrogens is 1. The number of aromatic amines is 1. The number of aromatic nitrogens is 4. The molecule has 0 saturated carbocycles. The Balaban J connectivity index is 1.32. The van der Waals surface area contributed by atoms with Crippen molar-refractivity contribution in [1.82, 2.24) is 20.1 Å². The molecule has 1 aliphatic heterocycles. The maximum atomic E-state index is 14.6. The van der Waals surface area contributed by atoms with Gasteiger partial charge in [0.25, 0.3) is 23.5 Å². The van der Waals surface area contributed by atoms with Crippen LogP contribution in [-0.4, -0.2) is 45.0 Å². The molecular weight excluding hydrogens is 463 g/mol. The summed E-state index contributed by atoms with van der Waals surface area (Å²) in [6.45, 7) is -0.0724. The minimum atomic E-state index is -2.77. The van der Waals surface area contributed by atoms with Gasteiger partial charge in [0.1, 0.15) is 0 Å². The highest BCUT2D eigenvalue weighted by Crippen LogP contribution is 2.32. The number of piperidine rings is 1. The zero-order valence-electron chi connectivity index (χ0n) is 17.2. The van der Waals surface area contributed by atoms with Crippen LogP contribution in [0.4, 0.5) is 33.5 Å². The highest BCUT2D eigenvalue weighted by Gasteiger charge is 2.35. The van der Waals surface area contributed by atoms with E-state index in [1.54, 1.807) is 0 Å². The first-order chi connectivity index (χ1) is 16.2. The van der Waals surface area contributed by atoms with Crippen LogP contribution in [0.3, 0.4) is 0 Å². The van der Waals surface area contributed by atoms with Crippen LogP contribution >= 0.6 is 0 Å². The minimum Gasteiger partial charge on any atom is -0.359 e. The van der Waals surface area contributed by atoms with Gasteiger partial charge in [-0.05, 0) is 12.1 Å². The van der Waals surface area contributed by atoms with E-state index in [1.165, 1.54) is 17.3 Å². The number of hydrogen-bond acceptors (Lipinski definition) is 6. The van der Waals surface area contributed by atoms with Gasteiger partial charge < -0.3 is 19.7 Å². The van der Waals surface area contributed by atoms with Crippen molar-refractivity contribution >= 4 is 28.3 Å². The molecule has 34 heavy (non-hydrogen) atoms. The molecule has 1 aromatic carbocycles. The Morgan fingerprint density at radius 2 is 1.82 bits per heavy atom. The number of alkyl halides is 2. The molecule has 176 valence electrons. The van der Waals surface area contributed by atoms with Crippen LogP contribution in [0.5, 0.6) is 0 Å². The second-order valence-corrected chi connectivity index (χ2v) is 7.76. The van der Waals surface area contributed by atoms with Gasteiger partial charge in [-0.3, -0.25) is 4.79 Å². The van der Waals surface area contributed by atoms with Gasteiger partial charge in [0.05, 0.1) is 16.8 Å². The fourth-order valence-corrected chi connectivity index (χ4v) is 3.66. The number of carbonyl (C=O) groups is 1. The predicted molar refractivity (Wildman–Crippen MR) is 110 cm³/mol. The molecule has 0 spiro atoms. The van der Waals surface area contributed by atoms with E-state index in [0.29, 0.717) is 0 Å². The summed E-state index contributed by atoms with van der Waals surface area (Å²) in [5, 5.41) is 6.25. The van der Waals surface area contributed by atoms with Crippen molar-refractivity contribution in [3.8, 4) is 11.5 Å². The zero-order chi connectivity index (χ0) is 24.0. The molecule has 0 unspecified atom stereocenters. The van der Waals surface area contributed by atoms with Crippen molar-refractivity contribution < 1.29 is 31.3 Å². The van der Waals surface area contributed by atoms with E-state index in [2.05, 4.69) is 25.4 Å². The predicted octanol–water partition coefficient (Wildman–Crippen LogP) is 4.52. The normalized spacial score (nSPS) is 15.6. The highest BCUT2D eigenvalue weighted by atomic mass is 19.3. The standard InChI is InChI=1S/C21H15F5N6O2/c22-12-6-11-15(7-13(12)23)27-9-16(11)29-19(33)17-30-20(34-31-17)10-5-14(24)18(28-8-10)32-3-1-21(25,26)2-4-32/h5-9,27H,1-4H2,(H,29,33). The van der Waals surface area contributed by atoms with Crippen molar-refractivity contribution in [1.29, 1.82) is 0 Å². The Morgan fingerprint density at radius 1 is 1.09 bits per heavy atom. The van der Waals surface area contributed by atoms with Gasteiger partial charge >= 0.3 is 0 Å². The van der Waals surface area contributed by atoms with Gasteiger partial charge in [-0.25, -0.2) is 26.9 Å². The van der Waals surface area contributed by atoms with E-state index in [9.17, 15) is 26.7 Å². The Kier molecular flexibility index (Phi) is 5.18. The minimum absolute atomic E-state index is 0.0362. The molecule has 0 atom stereocenters. The van der Waals surface area contributed by atoms with E-state index in [-0.39, 0.29) is 47.0 Å². The number of pyridine rings is 1. The third-order valence-electron chi connectivity index (χ3n) is 5.46. The van der Waals surface area contributed by atoms with E-state index in [4.69, 9.17) is 4.52 Å². The fraction of sp³-hybridized carbons (Fsp3) is 0.238. The lowest BCUT2D eigenvalue weighted by atomic mass is 10.1. The number of amides is 1. The van der Waals surface area contributed by atoms with Crippen molar-refractivity contribution in [2.75, 3.05) is 23.3 Å². The molecule has 13 heteroatoms. The van der Waals surface area contributed by atoms with Crippen LogP contribution < -0.4 is 10.2 Å². The van der Waals surface area contributed by atoms with Crippen LogP contribution in [0.15, 0.2) is 35.1 Å². The second kappa shape index (κ2) is 8.08. The lowest BCUT2D eigenvalue weighted by Gasteiger charge is -2.32. The zero-order valence-corrected chi connectivity index (χ0v) is 17.2. The molecule has 0 bridgehead atoms. The Morgan fingerprint density at radius 3 is 2.56 bits per heavy atom. The van der Waals surface area contributed by atoms with E-state index < -0.39 is 47.9 Å². The van der Waals surface area contributed by atoms with Crippen LogP contribution in [0.1, 0.15) is 23.5 Å². The van der Waals surface area contributed by atoms with Gasteiger partial charge in [-0.2, -0.15) is 4.98 Å². The molecular formula is C21H15F5N6O2. The third-order valence-corrected chi connectivity index (χ3v) is 5.46. The number of carbonyl (C=O) groups excluding carboxylic acids is 1.